The van der Waals surface area contributed by atoms with Crippen molar-refractivity contribution in [2.75, 3.05) is 6.54 Å². The molecule has 0 saturated heterocycles. The van der Waals surface area contributed by atoms with Crippen molar-refractivity contribution in [3.8, 4) is 0 Å². The maximum absolute atomic E-state index is 12.3. The molecule has 0 aliphatic carbocycles. The molecule has 2 aromatic rings. The second-order valence-electron chi connectivity index (χ2n) is 6.01. The molecule has 1 aromatic heterocycles. The van der Waals surface area contributed by atoms with Gasteiger partial charge in [0.15, 0.2) is 0 Å². The topological polar surface area (TPSA) is 158 Å². The molecule has 0 aliphatic heterocycles. The third-order valence-corrected chi connectivity index (χ3v) is 3.93. The Morgan fingerprint density at radius 2 is 1.92 bits per heavy atom. The van der Waals surface area contributed by atoms with Crippen LogP contribution in [0.3, 0.4) is 0 Å². The van der Waals surface area contributed by atoms with Crippen LogP contribution >= 0.6 is 0 Å². The fourth-order valence-electron chi connectivity index (χ4n) is 2.57. The van der Waals surface area contributed by atoms with Gasteiger partial charge >= 0.3 is 5.97 Å². The number of carboxylic acid groups (broad SMARTS) is 1. The highest BCUT2D eigenvalue weighted by atomic mass is 16.4. The van der Waals surface area contributed by atoms with Gasteiger partial charge in [0, 0.05) is 17.1 Å². The fourth-order valence-corrected chi connectivity index (χ4v) is 2.57. The highest BCUT2D eigenvalue weighted by Gasteiger charge is 2.28. The quantitative estimate of drug-likeness (QED) is 0.357. The molecule has 3 atom stereocenters. The number of carboxylic acids is 1. The van der Waals surface area contributed by atoms with Gasteiger partial charge in [0.1, 0.15) is 12.6 Å². The second-order valence-corrected chi connectivity index (χ2v) is 6.01. The molecule has 0 fully saturated rings. The van der Waals surface area contributed by atoms with Gasteiger partial charge in [-0.15, -0.1) is 0 Å². The lowest BCUT2D eigenvalue weighted by atomic mass is 10.0. The summed E-state index contributed by atoms with van der Waals surface area (Å²) in [5.74, 6) is -2.65. The second kappa shape index (κ2) is 8.45. The first kappa shape index (κ1) is 19.4. The number of amides is 2. The Hall–Kier alpha value is -2.91. The van der Waals surface area contributed by atoms with Crippen molar-refractivity contribution >= 4 is 28.7 Å². The number of aliphatic hydroxyl groups excluding tert-OH is 1. The van der Waals surface area contributed by atoms with Crippen LogP contribution in [0.15, 0.2) is 30.5 Å². The summed E-state index contributed by atoms with van der Waals surface area (Å²) >= 11 is 0. The van der Waals surface area contributed by atoms with Crippen LogP contribution in [-0.4, -0.2) is 57.7 Å². The minimum atomic E-state index is -1.30. The predicted octanol–water partition coefficient (Wildman–Crippen LogP) is -0.896. The smallest absolute Gasteiger partial charge is 0.322 e. The van der Waals surface area contributed by atoms with E-state index < -0.39 is 42.5 Å². The van der Waals surface area contributed by atoms with Gasteiger partial charge in [-0.25, -0.2) is 0 Å². The molecule has 0 radical (unpaired) electrons. The normalized spacial score (nSPS) is 14.4. The predicted molar refractivity (Wildman–Crippen MR) is 94.2 cm³/mol. The van der Waals surface area contributed by atoms with Crippen LogP contribution in [-0.2, 0) is 20.8 Å². The highest BCUT2D eigenvalue weighted by molar-refractivity contribution is 5.92. The standard InChI is InChI=1S/C17H22N4O5/c1-9(22)15(17(26)20-8-14(23)24)21-16(25)12(18)6-10-7-19-13-5-3-2-4-11(10)13/h2-5,7,9,12,15,19,22H,6,8,18H2,1H3,(H,20,26)(H,21,25)(H,23,24). The number of nitrogens with one attached hydrogen (secondary N) is 3. The van der Waals surface area contributed by atoms with E-state index in [-0.39, 0.29) is 6.42 Å². The van der Waals surface area contributed by atoms with Crippen molar-refractivity contribution in [2.24, 2.45) is 5.73 Å². The summed E-state index contributed by atoms with van der Waals surface area (Å²) < 4.78 is 0. The average Bonchev–Trinajstić information content (AvgIpc) is 3.00. The summed E-state index contributed by atoms with van der Waals surface area (Å²) in [6, 6.07) is 5.34. The van der Waals surface area contributed by atoms with Crippen LogP contribution in [0.25, 0.3) is 10.9 Å². The molecule has 140 valence electrons. The van der Waals surface area contributed by atoms with Gasteiger partial charge in [-0.2, -0.15) is 0 Å². The van der Waals surface area contributed by atoms with Crippen LogP contribution in [0.5, 0.6) is 0 Å². The van der Waals surface area contributed by atoms with Gasteiger partial charge in [-0.3, -0.25) is 14.4 Å². The van der Waals surface area contributed by atoms with E-state index >= 15 is 0 Å². The number of aromatic nitrogens is 1. The summed E-state index contributed by atoms with van der Waals surface area (Å²) in [7, 11) is 0. The first-order valence-corrected chi connectivity index (χ1v) is 8.08. The zero-order valence-corrected chi connectivity index (χ0v) is 14.2. The summed E-state index contributed by atoms with van der Waals surface area (Å²) in [5.41, 5.74) is 7.71. The third-order valence-electron chi connectivity index (χ3n) is 3.93. The van der Waals surface area contributed by atoms with E-state index in [1.165, 1.54) is 6.92 Å². The van der Waals surface area contributed by atoms with Crippen molar-refractivity contribution in [2.45, 2.75) is 31.5 Å². The molecule has 9 heteroatoms. The molecule has 0 bridgehead atoms. The number of carbonyl (C=O) groups excluding carboxylic acids is 2. The van der Waals surface area contributed by atoms with Crippen molar-refractivity contribution in [1.29, 1.82) is 0 Å². The summed E-state index contributed by atoms with van der Waals surface area (Å²) in [4.78, 5) is 37.9. The fraction of sp³-hybridized carbons (Fsp3) is 0.353. The van der Waals surface area contributed by atoms with E-state index in [2.05, 4.69) is 15.6 Å². The van der Waals surface area contributed by atoms with Crippen molar-refractivity contribution in [3.63, 3.8) is 0 Å². The summed E-state index contributed by atoms with van der Waals surface area (Å²) in [6.07, 6.45) is 0.788. The van der Waals surface area contributed by atoms with Gasteiger partial charge < -0.3 is 31.6 Å². The van der Waals surface area contributed by atoms with E-state index in [0.29, 0.717) is 0 Å². The van der Waals surface area contributed by atoms with Crippen molar-refractivity contribution in [1.82, 2.24) is 15.6 Å². The number of carbonyl (C=O) groups is 3. The lowest BCUT2D eigenvalue weighted by molar-refractivity contribution is -0.139. The van der Waals surface area contributed by atoms with Crippen LogP contribution in [0, 0.1) is 0 Å². The molecule has 0 spiro atoms. The number of H-pyrrole nitrogens is 1. The van der Waals surface area contributed by atoms with E-state index in [9.17, 15) is 19.5 Å². The Labute approximate surface area is 149 Å². The van der Waals surface area contributed by atoms with E-state index in [0.717, 1.165) is 16.5 Å². The Balaban J connectivity index is 2.01. The number of hydrogen-bond acceptors (Lipinski definition) is 5. The van der Waals surface area contributed by atoms with E-state index in [4.69, 9.17) is 10.8 Å². The molecule has 7 N–H and O–H groups in total. The number of hydrogen-bond donors (Lipinski definition) is 6. The summed E-state index contributed by atoms with van der Waals surface area (Å²) in [6.45, 7) is 0.704. The molecule has 1 aromatic carbocycles. The SMILES string of the molecule is CC(O)C(NC(=O)C(N)Cc1c[nH]c2ccccc12)C(=O)NCC(=O)O. The Kier molecular flexibility index (Phi) is 6.31. The van der Waals surface area contributed by atoms with Crippen molar-refractivity contribution < 1.29 is 24.6 Å². The first-order valence-electron chi connectivity index (χ1n) is 8.08. The Morgan fingerprint density at radius 3 is 2.58 bits per heavy atom. The Morgan fingerprint density at radius 1 is 1.23 bits per heavy atom. The molecule has 2 amide bonds. The largest absolute Gasteiger partial charge is 0.480 e. The van der Waals surface area contributed by atoms with Crippen LogP contribution in [0.1, 0.15) is 12.5 Å². The molecule has 9 nitrogen and oxygen atoms in total. The molecule has 0 aliphatic rings. The number of benzene rings is 1. The van der Waals surface area contributed by atoms with Crippen LogP contribution in [0.4, 0.5) is 0 Å². The summed E-state index contributed by atoms with van der Waals surface area (Å²) in [5, 5.41) is 23.7. The number of aromatic amines is 1. The van der Waals surface area contributed by atoms with E-state index in [1.807, 2.05) is 24.3 Å². The zero-order valence-electron chi connectivity index (χ0n) is 14.2. The Bertz CT molecular complexity index is 801. The molecule has 0 saturated carbocycles. The minimum absolute atomic E-state index is 0.235. The van der Waals surface area contributed by atoms with Gasteiger partial charge in [-0.1, -0.05) is 18.2 Å². The molecule has 1 heterocycles. The van der Waals surface area contributed by atoms with Crippen LogP contribution in [0.2, 0.25) is 0 Å². The number of nitrogens with two attached hydrogens (primary N) is 1. The van der Waals surface area contributed by atoms with Gasteiger partial charge in [-0.05, 0) is 25.0 Å². The third kappa shape index (κ3) is 4.80. The van der Waals surface area contributed by atoms with Gasteiger partial charge in [0.2, 0.25) is 11.8 Å². The van der Waals surface area contributed by atoms with Gasteiger partial charge in [0.05, 0.1) is 12.1 Å². The molecular weight excluding hydrogens is 340 g/mol. The number of aliphatic hydroxyl groups is 1. The maximum Gasteiger partial charge on any atom is 0.322 e. The number of aliphatic carboxylic acids is 1. The zero-order chi connectivity index (χ0) is 19.3. The lowest BCUT2D eigenvalue weighted by Gasteiger charge is -2.22. The lowest BCUT2D eigenvalue weighted by Crippen LogP contribution is -2.56. The van der Waals surface area contributed by atoms with E-state index in [1.54, 1.807) is 6.20 Å². The highest BCUT2D eigenvalue weighted by Crippen LogP contribution is 2.18. The molecule has 3 unspecified atom stereocenters. The molecule has 2 rings (SSSR count). The van der Waals surface area contributed by atoms with Crippen molar-refractivity contribution in [3.05, 3.63) is 36.0 Å². The monoisotopic (exact) mass is 362 g/mol. The number of rotatable bonds is 8. The average molecular weight is 362 g/mol. The van der Waals surface area contributed by atoms with Crippen LogP contribution < -0.4 is 16.4 Å². The number of fused-ring (bicyclic) bond motifs is 1. The van der Waals surface area contributed by atoms with Gasteiger partial charge in [0.25, 0.3) is 0 Å². The molecule has 26 heavy (non-hydrogen) atoms. The maximum atomic E-state index is 12.3. The number of para-hydroxylation sites is 1. The first-order chi connectivity index (χ1) is 12.3. The minimum Gasteiger partial charge on any atom is -0.480 e. The molecular formula is C17H22N4O5.